The van der Waals surface area contributed by atoms with Gasteiger partial charge in [0.25, 0.3) is 0 Å². The van der Waals surface area contributed by atoms with Crippen molar-refractivity contribution < 1.29 is 9.90 Å². The lowest BCUT2D eigenvalue weighted by Gasteiger charge is -2.02. The van der Waals surface area contributed by atoms with Gasteiger partial charge in [-0.1, -0.05) is 30.3 Å². The zero-order valence-corrected chi connectivity index (χ0v) is 11.5. The monoisotopic (exact) mass is 278 g/mol. The van der Waals surface area contributed by atoms with Crippen molar-refractivity contribution in [3.63, 3.8) is 0 Å². The summed E-state index contributed by atoms with van der Waals surface area (Å²) in [4.78, 5) is 16.2. The average molecular weight is 278 g/mol. The average Bonchev–Trinajstić information content (AvgIpc) is 2.79. The van der Waals surface area contributed by atoms with Gasteiger partial charge in [0.15, 0.2) is 5.75 Å². The molecule has 1 heterocycles. The fourth-order valence-electron chi connectivity index (χ4n) is 2.35. The maximum absolute atomic E-state index is 11.9. The standard InChI is InChI=1S/C17H14N2O2/c1-12(20)19-15-10-6-5-9-14(15)17(21)16(19)11-18-13-7-3-2-4-8-13/h2-11,21H,1H3. The first-order valence-corrected chi connectivity index (χ1v) is 6.61. The number of nitrogens with zero attached hydrogens (tertiary/aromatic N) is 2. The first-order valence-electron chi connectivity index (χ1n) is 6.61. The molecular formula is C17H14N2O2. The molecule has 0 amide bonds. The van der Waals surface area contributed by atoms with Gasteiger partial charge in [0.05, 0.1) is 17.4 Å². The van der Waals surface area contributed by atoms with Crippen molar-refractivity contribution in [1.82, 2.24) is 4.57 Å². The normalized spacial score (nSPS) is 11.3. The van der Waals surface area contributed by atoms with Crippen molar-refractivity contribution >= 4 is 28.7 Å². The molecule has 0 fully saturated rings. The van der Waals surface area contributed by atoms with Crippen LogP contribution in [0.25, 0.3) is 10.9 Å². The number of benzene rings is 2. The molecule has 1 N–H and O–H groups in total. The molecule has 104 valence electrons. The minimum Gasteiger partial charge on any atom is -0.505 e. The quantitative estimate of drug-likeness (QED) is 0.726. The number of carbonyl (C=O) groups is 1. The molecule has 0 bridgehead atoms. The molecule has 1 aromatic heterocycles. The van der Waals surface area contributed by atoms with Crippen molar-refractivity contribution in [3.05, 3.63) is 60.3 Å². The number of rotatable bonds is 2. The summed E-state index contributed by atoms with van der Waals surface area (Å²) < 4.78 is 1.47. The number of aromatic nitrogens is 1. The van der Waals surface area contributed by atoms with E-state index in [1.54, 1.807) is 12.1 Å². The molecule has 3 rings (SSSR count). The van der Waals surface area contributed by atoms with E-state index in [1.807, 2.05) is 42.5 Å². The maximum atomic E-state index is 11.9. The van der Waals surface area contributed by atoms with Crippen LogP contribution < -0.4 is 0 Å². The fourth-order valence-corrected chi connectivity index (χ4v) is 2.35. The van der Waals surface area contributed by atoms with Crippen LogP contribution in [0.3, 0.4) is 0 Å². The van der Waals surface area contributed by atoms with E-state index in [1.165, 1.54) is 17.7 Å². The van der Waals surface area contributed by atoms with Crippen molar-refractivity contribution in [2.75, 3.05) is 0 Å². The Labute approximate surface area is 122 Å². The molecule has 3 aromatic rings. The van der Waals surface area contributed by atoms with Crippen molar-refractivity contribution in [2.45, 2.75) is 6.92 Å². The Kier molecular flexibility index (Phi) is 3.28. The van der Waals surface area contributed by atoms with Gasteiger partial charge in [-0.15, -0.1) is 0 Å². The van der Waals surface area contributed by atoms with E-state index >= 15 is 0 Å². The topological polar surface area (TPSA) is 54.6 Å². The predicted octanol–water partition coefficient (Wildman–Crippen LogP) is 3.76. The summed E-state index contributed by atoms with van der Waals surface area (Å²) in [6, 6.07) is 16.6. The highest BCUT2D eigenvalue weighted by Gasteiger charge is 2.17. The van der Waals surface area contributed by atoms with Crippen molar-refractivity contribution in [2.24, 2.45) is 4.99 Å². The second-order valence-corrected chi connectivity index (χ2v) is 4.70. The van der Waals surface area contributed by atoms with E-state index < -0.39 is 0 Å². The van der Waals surface area contributed by atoms with Gasteiger partial charge < -0.3 is 5.11 Å². The van der Waals surface area contributed by atoms with E-state index in [9.17, 15) is 9.90 Å². The highest BCUT2D eigenvalue weighted by Crippen LogP contribution is 2.31. The van der Waals surface area contributed by atoms with Gasteiger partial charge in [-0.3, -0.25) is 14.4 Å². The van der Waals surface area contributed by atoms with Gasteiger partial charge >= 0.3 is 0 Å². The second kappa shape index (κ2) is 5.25. The smallest absolute Gasteiger partial charge is 0.228 e. The lowest BCUT2D eigenvalue weighted by molar-refractivity contribution is 0.0940. The third-order valence-corrected chi connectivity index (χ3v) is 3.29. The lowest BCUT2D eigenvalue weighted by Crippen LogP contribution is -2.08. The molecule has 2 aromatic carbocycles. The second-order valence-electron chi connectivity index (χ2n) is 4.70. The number of carbonyl (C=O) groups excluding carboxylic acids is 1. The van der Waals surface area contributed by atoms with Crippen LogP contribution in [0.2, 0.25) is 0 Å². The van der Waals surface area contributed by atoms with Gasteiger partial charge in [-0.2, -0.15) is 0 Å². The van der Waals surface area contributed by atoms with Crippen LogP contribution in [0, 0.1) is 0 Å². The molecule has 4 nitrogen and oxygen atoms in total. The minimum absolute atomic E-state index is 0.0699. The van der Waals surface area contributed by atoms with Crippen LogP contribution >= 0.6 is 0 Å². The summed E-state index contributed by atoms with van der Waals surface area (Å²) in [7, 11) is 0. The summed E-state index contributed by atoms with van der Waals surface area (Å²) in [6.45, 7) is 1.46. The Hall–Kier alpha value is -2.88. The summed E-state index contributed by atoms with van der Waals surface area (Å²) in [5, 5.41) is 11.0. The molecule has 0 spiro atoms. The van der Waals surface area contributed by atoms with E-state index in [0.29, 0.717) is 16.6 Å². The molecule has 4 heteroatoms. The largest absolute Gasteiger partial charge is 0.505 e. The molecular weight excluding hydrogens is 264 g/mol. The van der Waals surface area contributed by atoms with Crippen molar-refractivity contribution in [1.29, 1.82) is 0 Å². The summed E-state index contributed by atoms with van der Waals surface area (Å²) in [6.07, 6.45) is 1.52. The Bertz CT molecular complexity index is 833. The van der Waals surface area contributed by atoms with E-state index in [2.05, 4.69) is 4.99 Å². The Balaban J connectivity index is 2.18. The molecule has 0 unspecified atom stereocenters. The summed E-state index contributed by atoms with van der Waals surface area (Å²) >= 11 is 0. The highest BCUT2D eigenvalue weighted by atomic mass is 16.3. The number of aliphatic imine (C=N–C) groups is 1. The van der Waals surface area contributed by atoms with Gasteiger partial charge in [0.1, 0.15) is 5.69 Å². The first-order chi connectivity index (χ1) is 10.2. The van der Waals surface area contributed by atoms with Gasteiger partial charge in [0.2, 0.25) is 5.91 Å². The zero-order valence-electron chi connectivity index (χ0n) is 11.5. The third kappa shape index (κ3) is 2.31. The van der Waals surface area contributed by atoms with Crippen LogP contribution in [0.1, 0.15) is 17.4 Å². The first kappa shape index (κ1) is 13.1. The maximum Gasteiger partial charge on any atom is 0.228 e. The van der Waals surface area contributed by atoms with E-state index in [-0.39, 0.29) is 11.7 Å². The molecule has 0 aliphatic rings. The Morgan fingerprint density at radius 2 is 1.76 bits per heavy atom. The number of fused-ring (bicyclic) bond motifs is 1. The minimum atomic E-state index is -0.166. The SMILES string of the molecule is CC(=O)n1c(C=Nc2ccccc2)c(O)c2ccccc21. The summed E-state index contributed by atoms with van der Waals surface area (Å²) in [5.41, 5.74) is 1.84. The molecule has 0 aliphatic carbocycles. The Morgan fingerprint density at radius 1 is 1.10 bits per heavy atom. The van der Waals surface area contributed by atoms with Crippen LogP contribution in [0.15, 0.2) is 59.6 Å². The van der Waals surface area contributed by atoms with E-state index in [0.717, 1.165) is 5.69 Å². The molecule has 0 atom stereocenters. The summed E-state index contributed by atoms with van der Waals surface area (Å²) in [5.74, 6) is -0.0958. The number of hydrogen-bond acceptors (Lipinski definition) is 3. The zero-order chi connectivity index (χ0) is 14.8. The molecule has 0 saturated heterocycles. The van der Waals surface area contributed by atoms with E-state index in [4.69, 9.17) is 0 Å². The van der Waals surface area contributed by atoms with Crippen LogP contribution in [-0.2, 0) is 0 Å². The number of aromatic hydroxyl groups is 1. The van der Waals surface area contributed by atoms with Gasteiger partial charge in [-0.05, 0) is 24.3 Å². The molecule has 21 heavy (non-hydrogen) atoms. The lowest BCUT2D eigenvalue weighted by atomic mass is 10.2. The van der Waals surface area contributed by atoms with Crippen LogP contribution in [-0.4, -0.2) is 21.8 Å². The number of para-hydroxylation sites is 2. The van der Waals surface area contributed by atoms with Gasteiger partial charge in [-0.25, -0.2) is 0 Å². The predicted molar refractivity (Wildman–Crippen MR) is 83.6 cm³/mol. The number of hydrogen-bond donors (Lipinski definition) is 1. The fraction of sp³-hybridized carbons (Fsp3) is 0.0588. The molecule has 0 saturated carbocycles. The van der Waals surface area contributed by atoms with Crippen LogP contribution in [0.5, 0.6) is 5.75 Å². The van der Waals surface area contributed by atoms with Crippen LogP contribution in [0.4, 0.5) is 5.69 Å². The highest BCUT2D eigenvalue weighted by molar-refractivity contribution is 6.04. The molecule has 0 aliphatic heterocycles. The molecule has 0 radical (unpaired) electrons. The third-order valence-electron chi connectivity index (χ3n) is 3.29. The van der Waals surface area contributed by atoms with Gasteiger partial charge in [0, 0.05) is 12.3 Å². The Morgan fingerprint density at radius 3 is 2.48 bits per heavy atom. The van der Waals surface area contributed by atoms with Crippen molar-refractivity contribution in [3.8, 4) is 5.75 Å².